The van der Waals surface area contributed by atoms with Gasteiger partial charge in [0.2, 0.25) is 5.91 Å². The van der Waals surface area contributed by atoms with Crippen molar-refractivity contribution in [2.24, 2.45) is 11.8 Å². The van der Waals surface area contributed by atoms with Crippen LogP contribution in [0.15, 0.2) is 47.3 Å². The van der Waals surface area contributed by atoms with E-state index in [1.54, 1.807) is 0 Å². The number of benzene rings is 1. The van der Waals surface area contributed by atoms with Crippen molar-refractivity contribution in [1.29, 1.82) is 0 Å². The summed E-state index contributed by atoms with van der Waals surface area (Å²) in [5, 5.41) is 10.4. The van der Waals surface area contributed by atoms with Gasteiger partial charge >= 0.3 is 0 Å². The van der Waals surface area contributed by atoms with E-state index in [0.29, 0.717) is 18.7 Å². The number of fused-ring (bicyclic) bond motifs is 3. The number of hydrogen-bond acceptors (Lipinski definition) is 5. The number of aromatic nitrogens is 1. The number of rotatable bonds is 4. The lowest BCUT2D eigenvalue weighted by atomic mass is 9.88. The lowest BCUT2D eigenvalue weighted by Crippen LogP contribution is -2.55. The molecule has 2 saturated heterocycles. The highest BCUT2D eigenvalue weighted by Gasteiger charge is 2.55. The van der Waals surface area contributed by atoms with E-state index >= 15 is 0 Å². The van der Waals surface area contributed by atoms with Gasteiger partial charge in [-0.05, 0) is 31.3 Å². The number of likely N-dealkylation sites (N-methyl/N-ethyl adjacent to an activating group) is 2. The van der Waals surface area contributed by atoms with Gasteiger partial charge in [-0.3, -0.25) is 14.5 Å². The fourth-order valence-electron chi connectivity index (χ4n) is 6.01. The van der Waals surface area contributed by atoms with Crippen LogP contribution >= 0.6 is 0 Å². The fraction of sp³-hybridized carbons (Fsp3) is 0.520. The molecular formula is C25H32N4O3. The van der Waals surface area contributed by atoms with Crippen molar-refractivity contribution in [3.63, 3.8) is 0 Å². The van der Waals surface area contributed by atoms with E-state index in [1.807, 2.05) is 51.9 Å². The Kier molecular flexibility index (Phi) is 5.65. The van der Waals surface area contributed by atoms with E-state index in [4.69, 9.17) is 0 Å². The van der Waals surface area contributed by atoms with Crippen molar-refractivity contribution < 1.29 is 9.90 Å². The average Bonchev–Trinajstić information content (AvgIpc) is 3.34. The van der Waals surface area contributed by atoms with Crippen molar-refractivity contribution >= 4 is 5.91 Å². The van der Waals surface area contributed by atoms with E-state index in [-0.39, 0.29) is 42.0 Å². The summed E-state index contributed by atoms with van der Waals surface area (Å²) >= 11 is 0. The third kappa shape index (κ3) is 3.31. The number of piperazine rings is 1. The van der Waals surface area contributed by atoms with Crippen LogP contribution in [-0.2, 0) is 11.3 Å². The molecule has 0 saturated carbocycles. The molecule has 1 amide bonds. The second-order valence-corrected chi connectivity index (χ2v) is 9.31. The summed E-state index contributed by atoms with van der Waals surface area (Å²) in [6.07, 6.45) is 0. The van der Waals surface area contributed by atoms with E-state index in [2.05, 4.69) is 23.8 Å². The molecule has 4 atom stereocenters. The summed E-state index contributed by atoms with van der Waals surface area (Å²) in [6, 6.07) is 13.4. The minimum Gasteiger partial charge on any atom is -0.396 e. The summed E-state index contributed by atoms with van der Waals surface area (Å²) < 4.78 is 1.87. The summed E-state index contributed by atoms with van der Waals surface area (Å²) in [5.74, 6) is 0.00914. The SMILES string of the molecule is CCN1[C@H](C(=O)N2CCN(C)CC2)[C@@H](CO)[C@@H]2Cn3c(ccc(-c4ccccc4)c3=O)[C@@H]21. The molecule has 3 aliphatic rings. The Morgan fingerprint density at radius 3 is 2.44 bits per heavy atom. The molecule has 3 aliphatic heterocycles. The quantitative estimate of drug-likeness (QED) is 0.782. The molecule has 0 aliphatic carbocycles. The first kappa shape index (κ1) is 21.4. The number of amides is 1. The maximum atomic E-state index is 13.6. The number of aliphatic hydroxyl groups is 1. The van der Waals surface area contributed by atoms with Crippen molar-refractivity contribution in [3.05, 3.63) is 58.5 Å². The summed E-state index contributed by atoms with van der Waals surface area (Å²) in [7, 11) is 2.08. The molecule has 0 radical (unpaired) electrons. The monoisotopic (exact) mass is 436 g/mol. The maximum Gasteiger partial charge on any atom is 0.258 e. The lowest BCUT2D eigenvalue weighted by molar-refractivity contribution is -0.140. The van der Waals surface area contributed by atoms with Gasteiger partial charge in [0.25, 0.3) is 5.56 Å². The number of likely N-dealkylation sites (tertiary alicyclic amines) is 1. The van der Waals surface area contributed by atoms with Crippen molar-refractivity contribution in [2.75, 3.05) is 46.4 Å². The van der Waals surface area contributed by atoms with E-state index in [0.717, 1.165) is 37.4 Å². The highest BCUT2D eigenvalue weighted by Crippen LogP contribution is 2.49. The van der Waals surface area contributed by atoms with Crippen LogP contribution in [0.1, 0.15) is 18.7 Å². The number of hydrogen-bond donors (Lipinski definition) is 1. The van der Waals surface area contributed by atoms with Crippen molar-refractivity contribution in [1.82, 2.24) is 19.3 Å². The zero-order chi connectivity index (χ0) is 22.4. The van der Waals surface area contributed by atoms with E-state index < -0.39 is 0 Å². The topological polar surface area (TPSA) is 69.0 Å². The smallest absolute Gasteiger partial charge is 0.258 e. The Morgan fingerprint density at radius 2 is 1.78 bits per heavy atom. The first-order valence-corrected chi connectivity index (χ1v) is 11.7. The van der Waals surface area contributed by atoms with Crippen LogP contribution in [0, 0.1) is 11.8 Å². The van der Waals surface area contributed by atoms with Crippen LogP contribution in [0.2, 0.25) is 0 Å². The predicted molar refractivity (Wildman–Crippen MR) is 123 cm³/mol. The van der Waals surface area contributed by atoms with Crippen LogP contribution in [0.4, 0.5) is 0 Å². The minimum atomic E-state index is -0.332. The highest BCUT2D eigenvalue weighted by molar-refractivity contribution is 5.83. The molecule has 7 nitrogen and oxygen atoms in total. The molecule has 1 aromatic heterocycles. The average molecular weight is 437 g/mol. The number of carbonyl (C=O) groups excluding carboxylic acids is 1. The van der Waals surface area contributed by atoms with Crippen LogP contribution in [0.3, 0.4) is 0 Å². The minimum absolute atomic E-state index is 0.0118. The first-order chi connectivity index (χ1) is 15.5. The van der Waals surface area contributed by atoms with Crippen molar-refractivity contribution in [2.45, 2.75) is 25.6 Å². The molecule has 1 N–H and O–H groups in total. The van der Waals surface area contributed by atoms with Gasteiger partial charge in [-0.2, -0.15) is 0 Å². The standard InChI is InChI=1S/C25H32N4O3/c1-3-28-22-19(20(16-30)23(28)25(32)27-13-11-26(2)12-14-27)15-29-21(22)10-9-18(24(29)31)17-7-5-4-6-8-17/h4-10,19-20,22-23,30H,3,11-16H2,1-2H3/t19-,20-,22+,23-/m0/s1. The summed E-state index contributed by atoms with van der Waals surface area (Å²) in [4.78, 5) is 33.4. The lowest BCUT2D eigenvalue weighted by Gasteiger charge is -2.38. The second kappa shape index (κ2) is 8.46. The molecule has 0 bridgehead atoms. The Morgan fingerprint density at radius 1 is 1.06 bits per heavy atom. The van der Waals surface area contributed by atoms with Crippen LogP contribution in [0.5, 0.6) is 0 Å². The normalized spacial score (nSPS) is 28.0. The van der Waals surface area contributed by atoms with Gasteiger partial charge < -0.3 is 19.5 Å². The molecule has 32 heavy (non-hydrogen) atoms. The zero-order valence-electron chi connectivity index (χ0n) is 18.9. The van der Waals surface area contributed by atoms with Crippen molar-refractivity contribution in [3.8, 4) is 11.1 Å². The number of aliphatic hydroxyl groups excluding tert-OH is 1. The fourth-order valence-corrected chi connectivity index (χ4v) is 6.01. The molecule has 2 fully saturated rings. The Bertz CT molecular complexity index is 1040. The van der Waals surface area contributed by atoms with E-state index in [1.165, 1.54) is 0 Å². The maximum absolute atomic E-state index is 13.6. The summed E-state index contributed by atoms with van der Waals surface area (Å²) in [5.41, 5.74) is 2.59. The highest BCUT2D eigenvalue weighted by atomic mass is 16.3. The van der Waals surface area contributed by atoms with Gasteiger partial charge in [-0.15, -0.1) is 0 Å². The number of carbonyl (C=O) groups is 1. The Hall–Kier alpha value is -2.48. The van der Waals surface area contributed by atoms with Gasteiger partial charge in [-0.25, -0.2) is 0 Å². The third-order valence-corrected chi connectivity index (χ3v) is 7.71. The van der Waals surface area contributed by atoms with Gasteiger partial charge in [0, 0.05) is 62.4 Å². The first-order valence-electron chi connectivity index (χ1n) is 11.7. The number of pyridine rings is 1. The summed E-state index contributed by atoms with van der Waals surface area (Å²) in [6.45, 7) is 6.49. The number of nitrogens with zero attached hydrogens (tertiary/aromatic N) is 4. The van der Waals surface area contributed by atoms with Gasteiger partial charge in [0.1, 0.15) is 0 Å². The molecule has 170 valence electrons. The van der Waals surface area contributed by atoms with E-state index in [9.17, 15) is 14.7 Å². The molecule has 0 unspecified atom stereocenters. The molecule has 1 aromatic carbocycles. The van der Waals surface area contributed by atoms with Gasteiger partial charge in [-0.1, -0.05) is 37.3 Å². The van der Waals surface area contributed by atoms with Gasteiger partial charge in [0.05, 0.1) is 12.1 Å². The molecule has 4 heterocycles. The Labute approximate surface area is 188 Å². The molecule has 0 spiro atoms. The second-order valence-electron chi connectivity index (χ2n) is 9.31. The van der Waals surface area contributed by atoms with Crippen LogP contribution < -0.4 is 5.56 Å². The molecule has 5 rings (SSSR count). The Balaban J connectivity index is 1.49. The van der Waals surface area contributed by atoms with Crippen LogP contribution in [0.25, 0.3) is 11.1 Å². The third-order valence-electron chi connectivity index (χ3n) is 7.71. The zero-order valence-corrected chi connectivity index (χ0v) is 18.9. The van der Waals surface area contributed by atoms with Gasteiger partial charge in [0.15, 0.2) is 0 Å². The van der Waals surface area contributed by atoms with Crippen LogP contribution in [-0.4, -0.2) is 82.7 Å². The largest absolute Gasteiger partial charge is 0.396 e. The molecule has 7 heteroatoms. The molecular weight excluding hydrogens is 404 g/mol. The molecule has 2 aromatic rings. The predicted octanol–water partition coefficient (Wildman–Crippen LogP) is 1.27.